The second-order valence-corrected chi connectivity index (χ2v) is 6.60. The van der Waals surface area contributed by atoms with Crippen LogP contribution in [0.25, 0.3) is 0 Å². The Bertz CT molecular complexity index is 856. The van der Waals surface area contributed by atoms with Gasteiger partial charge in [-0.3, -0.25) is 14.4 Å². The van der Waals surface area contributed by atoms with Crippen molar-refractivity contribution >= 4 is 39.3 Å². The number of hydrogen-bond acceptors (Lipinski definition) is 3. The summed E-state index contributed by atoms with van der Waals surface area (Å²) in [6.45, 7) is 2.42. The van der Waals surface area contributed by atoms with Crippen LogP contribution in [0.4, 0.5) is 10.1 Å². The highest BCUT2D eigenvalue weighted by molar-refractivity contribution is 9.10. The Labute approximate surface area is 164 Å². The second kappa shape index (κ2) is 9.27. The van der Waals surface area contributed by atoms with Crippen LogP contribution >= 0.6 is 15.9 Å². The summed E-state index contributed by atoms with van der Waals surface area (Å²) < 4.78 is 13.6. The molecule has 0 fully saturated rings. The third kappa shape index (κ3) is 5.62. The minimum Gasteiger partial charge on any atom is -0.366 e. The second-order valence-electron chi connectivity index (χ2n) is 5.75. The summed E-state index contributed by atoms with van der Waals surface area (Å²) in [4.78, 5) is 37.3. The minimum atomic E-state index is -0.545. The van der Waals surface area contributed by atoms with E-state index in [1.165, 1.54) is 35.2 Å². The number of anilines is 1. The number of halogens is 2. The Morgan fingerprint density at radius 1 is 1.15 bits per heavy atom. The highest BCUT2D eigenvalue weighted by Crippen LogP contribution is 2.20. The van der Waals surface area contributed by atoms with Gasteiger partial charge >= 0.3 is 0 Å². The van der Waals surface area contributed by atoms with Crippen LogP contribution < -0.4 is 11.1 Å². The van der Waals surface area contributed by atoms with Crippen LogP contribution in [0.2, 0.25) is 0 Å². The molecule has 0 heterocycles. The van der Waals surface area contributed by atoms with Crippen LogP contribution in [0.5, 0.6) is 0 Å². The van der Waals surface area contributed by atoms with Crippen molar-refractivity contribution in [2.45, 2.75) is 13.3 Å². The lowest BCUT2D eigenvalue weighted by Crippen LogP contribution is -2.34. The van der Waals surface area contributed by atoms with Crippen molar-refractivity contribution in [3.8, 4) is 0 Å². The molecular weight excluding hydrogens is 417 g/mol. The molecule has 3 N–H and O–H groups in total. The van der Waals surface area contributed by atoms with E-state index in [-0.39, 0.29) is 24.8 Å². The Morgan fingerprint density at radius 2 is 1.81 bits per heavy atom. The fourth-order valence-electron chi connectivity index (χ4n) is 2.41. The molecule has 0 bridgehead atoms. The van der Waals surface area contributed by atoms with Crippen LogP contribution in [0.1, 0.15) is 34.1 Å². The van der Waals surface area contributed by atoms with Crippen molar-refractivity contribution in [3.05, 3.63) is 63.9 Å². The van der Waals surface area contributed by atoms with E-state index in [4.69, 9.17) is 5.73 Å². The fraction of sp³-hybridized carbons (Fsp3) is 0.211. The highest BCUT2D eigenvalue weighted by Gasteiger charge is 2.18. The third-order valence-corrected chi connectivity index (χ3v) is 4.55. The number of amides is 3. The van der Waals surface area contributed by atoms with Gasteiger partial charge in [0.2, 0.25) is 11.8 Å². The molecule has 0 radical (unpaired) electrons. The lowest BCUT2D eigenvalue weighted by atomic mass is 10.2. The normalized spacial score (nSPS) is 10.3. The maximum atomic E-state index is 13.2. The van der Waals surface area contributed by atoms with E-state index in [0.29, 0.717) is 27.8 Å². The zero-order valence-electron chi connectivity index (χ0n) is 14.7. The van der Waals surface area contributed by atoms with Crippen molar-refractivity contribution in [1.82, 2.24) is 4.90 Å². The van der Waals surface area contributed by atoms with E-state index in [2.05, 4.69) is 21.2 Å². The zero-order chi connectivity index (χ0) is 20.0. The number of hydrogen-bond donors (Lipinski definition) is 2. The average Bonchev–Trinajstić information content (AvgIpc) is 2.62. The van der Waals surface area contributed by atoms with Crippen LogP contribution in [0.15, 0.2) is 46.9 Å². The van der Waals surface area contributed by atoms with Gasteiger partial charge in [0.15, 0.2) is 0 Å². The first kappa shape index (κ1) is 20.6. The molecule has 0 aliphatic carbocycles. The largest absolute Gasteiger partial charge is 0.366 e. The quantitative estimate of drug-likeness (QED) is 0.699. The molecule has 3 amide bonds. The van der Waals surface area contributed by atoms with Crippen molar-refractivity contribution in [2.75, 3.05) is 18.4 Å². The smallest absolute Gasteiger partial charge is 0.255 e. The number of primary amides is 1. The highest BCUT2D eigenvalue weighted by atomic mass is 79.9. The zero-order valence-corrected chi connectivity index (χ0v) is 16.3. The lowest BCUT2D eigenvalue weighted by Gasteiger charge is -2.21. The molecular formula is C19H19BrFN3O3. The summed E-state index contributed by atoms with van der Waals surface area (Å²) in [6, 6.07) is 10.0. The summed E-state index contributed by atoms with van der Waals surface area (Å²) in [5, 5.41) is 2.70. The molecule has 6 nitrogen and oxygen atoms in total. The van der Waals surface area contributed by atoms with Gasteiger partial charge < -0.3 is 16.0 Å². The molecule has 2 aromatic carbocycles. The van der Waals surface area contributed by atoms with E-state index in [0.717, 1.165) is 0 Å². The number of nitrogens with zero attached hydrogens (tertiary/aromatic N) is 1. The number of carbonyl (C=O) groups is 3. The van der Waals surface area contributed by atoms with Gasteiger partial charge in [0.05, 0.1) is 5.56 Å². The first-order valence-corrected chi connectivity index (χ1v) is 9.05. The summed E-state index contributed by atoms with van der Waals surface area (Å²) in [6.07, 6.45) is 0.0932. The SMILES string of the molecule is CCN(CCC(=O)Nc1ccc(C(N)=O)cc1)C(=O)c1ccc(F)cc1Br. The fourth-order valence-corrected chi connectivity index (χ4v) is 2.93. The van der Waals surface area contributed by atoms with Crippen molar-refractivity contribution in [3.63, 3.8) is 0 Å². The van der Waals surface area contributed by atoms with Gasteiger partial charge in [-0.15, -0.1) is 0 Å². The molecule has 0 saturated carbocycles. The number of benzene rings is 2. The first-order chi connectivity index (χ1) is 12.8. The van der Waals surface area contributed by atoms with Gasteiger partial charge in [-0.1, -0.05) is 0 Å². The lowest BCUT2D eigenvalue weighted by molar-refractivity contribution is -0.116. The molecule has 8 heteroatoms. The van der Waals surface area contributed by atoms with Crippen molar-refractivity contribution < 1.29 is 18.8 Å². The maximum absolute atomic E-state index is 13.2. The molecule has 2 rings (SSSR count). The predicted molar refractivity (Wildman–Crippen MR) is 104 cm³/mol. The topological polar surface area (TPSA) is 92.5 Å². The third-order valence-electron chi connectivity index (χ3n) is 3.89. The molecule has 0 spiro atoms. The molecule has 27 heavy (non-hydrogen) atoms. The Balaban J connectivity index is 1.95. The molecule has 0 aliphatic rings. The number of rotatable bonds is 7. The molecule has 0 aromatic heterocycles. The van der Waals surface area contributed by atoms with Gasteiger partial charge in [0, 0.05) is 35.2 Å². The summed E-state index contributed by atoms with van der Waals surface area (Å²) in [7, 11) is 0. The number of nitrogens with two attached hydrogens (primary N) is 1. The number of nitrogens with one attached hydrogen (secondary N) is 1. The van der Waals surface area contributed by atoms with E-state index < -0.39 is 11.7 Å². The van der Waals surface area contributed by atoms with Gasteiger partial charge in [-0.25, -0.2) is 4.39 Å². The van der Waals surface area contributed by atoms with Crippen LogP contribution in [0.3, 0.4) is 0 Å². The van der Waals surface area contributed by atoms with Crippen LogP contribution in [-0.4, -0.2) is 35.7 Å². The Morgan fingerprint density at radius 3 is 2.37 bits per heavy atom. The van der Waals surface area contributed by atoms with Crippen LogP contribution in [-0.2, 0) is 4.79 Å². The van der Waals surface area contributed by atoms with E-state index in [9.17, 15) is 18.8 Å². The van der Waals surface area contributed by atoms with Crippen molar-refractivity contribution in [2.24, 2.45) is 5.73 Å². The maximum Gasteiger partial charge on any atom is 0.255 e. The van der Waals surface area contributed by atoms with E-state index >= 15 is 0 Å². The van der Waals surface area contributed by atoms with E-state index in [1.807, 2.05) is 0 Å². The average molecular weight is 436 g/mol. The summed E-state index contributed by atoms with van der Waals surface area (Å²) in [5.74, 6) is -1.55. The van der Waals surface area contributed by atoms with Gasteiger partial charge in [-0.2, -0.15) is 0 Å². The number of carbonyl (C=O) groups excluding carboxylic acids is 3. The molecule has 2 aromatic rings. The van der Waals surface area contributed by atoms with Gasteiger partial charge in [-0.05, 0) is 65.3 Å². The molecule has 0 saturated heterocycles. The van der Waals surface area contributed by atoms with Gasteiger partial charge in [0.25, 0.3) is 5.91 Å². The summed E-state index contributed by atoms with van der Waals surface area (Å²) in [5.41, 5.74) is 6.38. The summed E-state index contributed by atoms with van der Waals surface area (Å²) >= 11 is 3.19. The standard InChI is InChI=1S/C19H19BrFN3O3/c1-2-24(19(27)15-8-5-13(21)11-16(15)20)10-9-17(25)23-14-6-3-12(4-7-14)18(22)26/h3-8,11H,2,9-10H2,1H3,(H2,22,26)(H,23,25). The molecule has 0 atom stereocenters. The Hall–Kier alpha value is -2.74. The van der Waals surface area contributed by atoms with E-state index in [1.54, 1.807) is 19.1 Å². The predicted octanol–water partition coefficient (Wildman–Crippen LogP) is 3.18. The van der Waals surface area contributed by atoms with Crippen LogP contribution in [0, 0.1) is 5.82 Å². The minimum absolute atomic E-state index is 0.0932. The van der Waals surface area contributed by atoms with Gasteiger partial charge in [0.1, 0.15) is 5.82 Å². The van der Waals surface area contributed by atoms with Crippen molar-refractivity contribution in [1.29, 1.82) is 0 Å². The monoisotopic (exact) mass is 435 g/mol. The molecule has 0 aliphatic heterocycles. The first-order valence-electron chi connectivity index (χ1n) is 8.26. The Kier molecular flexibility index (Phi) is 7.06. The molecule has 0 unspecified atom stereocenters. The molecule has 142 valence electrons.